The van der Waals surface area contributed by atoms with Crippen LogP contribution in [0.3, 0.4) is 0 Å². The Labute approximate surface area is 97.7 Å². The van der Waals surface area contributed by atoms with Crippen molar-refractivity contribution in [2.75, 3.05) is 19.4 Å². The van der Waals surface area contributed by atoms with Crippen molar-refractivity contribution in [1.82, 2.24) is 5.32 Å². The molecule has 0 aliphatic heterocycles. The lowest BCUT2D eigenvalue weighted by Gasteiger charge is -2.06. The van der Waals surface area contributed by atoms with E-state index in [-0.39, 0.29) is 24.2 Å². The molecule has 5 nitrogen and oxygen atoms in total. The summed E-state index contributed by atoms with van der Waals surface area (Å²) in [5, 5.41) is 2.48. The summed E-state index contributed by atoms with van der Waals surface area (Å²) in [4.78, 5) is 22.4. The Morgan fingerprint density at radius 3 is 2.76 bits per heavy atom. The van der Waals surface area contributed by atoms with Gasteiger partial charge in [-0.2, -0.15) is 0 Å². The van der Waals surface area contributed by atoms with Gasteiger partial charge in [-0.1, -0.05) is 0 Å². The van der Waals surface area contributed by atoms with Gasteiger partial charge in [0.25, 0.3) is 5.91 Å². The second kappa shape index (κ2) is 5.83. The van der Waals surface area contributed by atoms with Crippen molar-refractivity contribution in [3.63, 3.8) is 0 Å². The molecule has 17 heavy (non-hydrogen) atoms. The first-order chi connectivity index (χ1) is 8.04. The van der Waals surface area contributed by atoms with E-state index in [1.165, 1.54) is 13.2 Å². The monoisotopic (exact) mass is 240 g/mol. The number of nitrogens with two attached hydrogens (primary N) is 1. The summed E-state index contributed by atoms with van der Waals surface area (Å²) >= 11 is 0. The van der Waals surface area contributed by atoms with Crippen LogP contribution in [0.5, 0.6) is 0 Å². The molecule has 0 atom stereocenters. The number of nitrogen functional groups attached to an aromatic ring is 1. The van der Waals surface area contributed by atoms with E-state index in [2.05, 4.69) is 10.1 Å². The largest absolute Gasteiger partial charge is 0.469 e. The van der Waals surface area contributed by atoms with Crippen LogP contribution < -0.4 is 11.1 Å². The van der Waals surface area contributed by atoms with E-state index in [1.54, 1.807) is 0 Å². The summed E-state index contributed by atoms with van der Waals surface area (Å²) in [6, 6.07) is 3.50. The second-order valence-electron chi connectivity index (χ2n) is 3.31. The zero-order valence-corrected chi connectivity index (χ0v) is 9.33. The summed E-state index contributed by atoms with van der Waals surface area (Å²) in [5.74, 6) is -1.38. The minimum atomic E-state index is -0.506. The molecule has 1 aromatic rings. The molecular weight excluding hydrogens is 227 g/mol. The third-order valence-corrected chi connectivity index (χ3v) is 2.10. The molecule has 0 aliphatic rings. The highest BCUT2D eigenvalue weighted by molar-refractivity contribution is 5.99. The number of amides is 1. The summed E-state index contributed by atoms with van der Waals surface area (Å²) in [7, 11) is 1.27. The fraction of sp³-hybridized carbons (Fsp3) is 0.273. The van der Waals surface area contributed by atoms with E-state index in [0.717, 1.165) is 12.1 Å². The van der Waals surface area contributed by atoms with Crippen LogP contribution in [-0.2, 0) is 9.53 Å². The summed E-state index contributed by atoms with van der Waals surface area (Å²) < 4.78 is 17.2. The van der Waals surface area contributed by atoms with Gasteiger partial charge in [-0.15, -0.1) is 0 Å². The minimum absolute atomic E-state index is 0.0561. The Morgan fingerprint density at radius 1 is 1.47 bits per heavy atom. The first-order valence-electron chi connectivity index (χ1n) is 4.94. The van der Waals surface area contributed by atoms with E-state index in [4.69, 9.17) is 5.73 Å². The minimum Gasteiger partial charge on any atom is -0.469 e. The molecule has 92 valence electrons. The topological polar surface area (TPSA) is 81.4 Å². The fourth-order valence-electron chi connectivity index (χ4n) is 1.22. The van der Waals surface area contributed by atoms with E-state index in [0.29, 0.717) is 0 Å². The number of ether oxygens (including phenoxy) is 1. The van der Waals surface area contributed by atoms with Gasteiger partial charge < -0.3 is 15.8 Å². The summed E-state index contributed by atoms with van der Waals surface area (Å²) in [6.07, 6.45) is 0.0728. The number of anilines is 1. The van der Waals surface area contributed by atoms with Crippen LogP contribution in [0.2, 0.25) is 0 Å². The van der Waals surface area contributed by atoms with Crippen molar-refractivity contribution >= 4 is 17.6 Å². The van der Waals surface area contributed by atoms with Crippen molar-refractivity contribution in [3.8, 4) is 0 Å². The lowest BCUT2D eigenvalue weighted by molar-refractivity contribution is -0.140. The Bertz CT molecular complexity index is 435. The van der Waals surface area contributed by atoms with Gasteiger partial charge in [0.15, 0.2) is 0 Å². The molecule has 6 heteroatoms. The predicted octanol–water partition coefficient (Wildman–Crippen LogP) is 0.701. The van der Waals surface area contributed by atoms with Crippen LogP contribution in [-0.4, -0.2) is 25.5 Å². The zero-order chi connectivity index (χ0) is 12.8. The number of methoxy groups -OCH3 is 1. The molecule has 0 bridgehead atoms. The Kier molecular flexibility index (Phi) is 4.45. The van der Waals surface area contributed by atoms with Gasteiger partial charge in [0.1, 0.15) is 5.82 Å². The third-order valence-electron chi connectivity index (χ3n) is 2.10. The molecule has 0 fully saturated rings. The molecule has 3 N–H and O–H groups in total. The van der Waals surface area contributed by atoms with Gasteiger partial charge >= 0.3 is 5.97 Å². The molecule has 0 radical (unpaired) electrons. The maximum absolute atomic E-state index is 12.7. The van der Waals surface area contributed by atoms with Crippen molar-refractivity contribution in [2.24, 2.45) is 0 Å². The Morgan fingerprint density at radius 2 is 2.18 bits per heavy atom. The Balaban J connectivity index is 2.55. The number of rotatable bonds is 4. The number of carbonyl (C=O) groups is 2. The molecule has 1 amide bonds. The molecule has 0 heterocycles. The van der Waals surface area contributed by atoms with Gasteiger partial charge in [-0.25, -0.2) is 4.39 Å². The Hall–Kier alpha value is -2.11. The van der Waals surface area contributed by atoms with E-state index in [1.807, 2.05) is 0 Å². The second-order valence-corrected chi connectivity index (χ2v) is 3.31. The van der Waals surface area contributed by atoms with Gasteiger partial charge in [-0.3, -0.25) is 9.59 Å². The molecule has 0 saturated carbocycles. The van der Waals surface area contributed by atoms with Crippen molar-refractivity contribution in [3.05, 3.63) is 29.6 Å². The lowest BCUT2D eigenvalue weighted by atomic mass is 10.1. The average molecular weight is 240 g/mol. The third kappa shape index (κ3) is 3.75. The molecule has 0 spiro atoms. The van der Waals surface area contributed by atoms with Crippen molar-refractivity contribution in [2.45, 2.75) is 6.42 Å². The van der Waals surface area contributed by atoms with Crippen LogP contribution in [0.25, 0.3) is 0 Å². The standard InChI is InChI=1S/C11H13FN2O3/c1-17-10(15)4-5-14-11(16)8-3-2-7(12)6-9(8)13/h2-3,6H,4-5,13H2,1H3,(H,14,16). The summed E-state index contributed by atoms with van der Waals surface area (Å²) in [6.45, 7) is 0.141. The first kappa shape index (κ1) is 13.0. The predicted molar refractivity (Wildman–Crippen MR) is 59.8 cm³/mol. The van der Waals surface area contributed by atoms with E-state index in [9.17, 15) is 14.0 Å². The molecule has 0 aliphatic carbocycles. The van der Waals surface area contributed by atoms with Gasteiger partial charge in [-0.05, 0) is 18.2 Å². The number of benzene rings is 1. The number of esters is 1. The fourth-order valence-corrected chi connectivity index (χ4v) is 1.22. The lowest BCUT2D eigenvalue weighted by Crippen LogP contribution is -2.27. The highest BCUT2D eigenvalue weighted by Gasteiger charge is 2.10. The summed E-state index contributed by atoms with van der Waals surface area (Å²) in [5.41, 5.74) is 5.72. The number of hydrogen-bond donors (Lipinski definition) is 2. The maximum atomic E-state index is 12.7. The number of nitrogens with one attached hydrogen (secondary N) is 1. The molecule has 1 aromatic carbocycles. The molecule has 1 rings (SSSR count). The quantitative estimate of drug-likeness (QED) is 0.599. The van der Waals surface area contributed by atoms with Crippen LogP contribution >= 0.6 is 0 Å². The van der Waals surface area contributed by atoms with Crippen LogP contribution in [0.1, 0.15) is 16.8 Å². The maximum Gasteiger partial charge on any atom is 0.307 e. The van der Waals surface area contributed by atoms with E-state index < -0.39 is 17.7 Å². The zero-order valence-electron chi connectivity index (χ0n) is 9.33. The molecule has 0 unspecified atom stereocenters. The van der Waals surface area contributed by atoms with Crippen LogP contribution in [0.4, 0.5) is 10.1 Å². The van der Waals surface area contributed by atoms with Gasteiger partial charge in [0, 0.05) is 12.2 Å². The highest BCUT2D eigenvalue weighted by Crippen LogP contribution is 2.12. The van der Waals surface area contributed by atoms with Crippen molar-refractivity contribution < 1.29 is 18.7 Å². The normalized spacial score (nSPS) is 9.76. The molecule has 0 saturated heterocycles. The van der Waals surface area contributed by atoms with Gasteiger partial charge in [0.05, 0.1) is 19.1 Å². The van der Waals surface area contributed by atoms with Crippen LogP contribution in [0.15, 0.2) is 18.2 Å². The number of halogens is 1. The number of carbonyl (C=O) groups excluding carboxylic acids is 2. The highest BCUT2D eigenvalue weighted by atomic mass is 19.1. The van der Waals surface area contributed by atoms with Gasteiger partial charge in [0.2, 0.25) is 0 Å². The van der Waals surface area contributed by atoms with Crippen LogP contribution in [0, 0.1) is 5.82 Å². The smallest absolute Gasteiger partial charge is 0.307 e. The SMILES string of the molecule is COC(=O)CCNC(=O)c1ccc(F)cc1N. The average Bonchev–Trinajstić information content (AvgIpc) is 2.28. The van der Waals surface area contributed by atoms with E-state index >= 15 is 0 Å². The molecular formula is C11H13FN2O3. The number of hydrogen-bond acceptors (Lipinski definition) is 4. The molecule has 0 aromatic heterocycles. The van der Waals surface area contributed by atoms with Crippen molar-refractivity contribution in [1.29, 1.82) is 0 Å². The first-order valence-corrected chi connectivity index (χ1v) is 4.94.